The third-order valence-electron chi connectivity index (χ3n) is 13.4. The van der Waals surface area contributed by atoms with E-state index in [1.54, 1.807) is 72.9 Å². The molecule has 0 unspecified atom stereocenters. The third kappa shape index (κ3) is 10.2. The highest BCUT2D eigenvalue weighted by molar-refractivity contribution is 7.89. The molecule has 16 heteroatoms. The first-order valence-electron chi connectivity index (χ1n) is 23.6. The van der Waals surface area contributed by atoms with Crippen LogP contribution in [0.3, 0.4) is 0 Å². The number of ether oxygens (including phenoxy) is 3. The number of aliphatic hydroxyl groups excluding tert-OH is 2. The van der Waals surface area contributed by atoms with Gasteiger partial charge in [-0.3, -0.25) is 19.9 Å². The van der Waals surface area contributed by atoms with E-state index < -0.39 is 38.6 Å². The summed E-state index contributed by atoms with van der Waals surface area (Å²) in [6.07, 6.45) is 10.6. The van der Waals surface area contributed by atoms with Crippen LogP contribution in [0.5, 0.6) is 17.2 Å². The van der Waals surface area contributed by atoms with Gasteiger partial charge < -0.3 is 29.3 Å². The number of oxime groups is 1. The minimum Gasteiger partial charge on any atom is -0.460 e. The van der Waals surface area contributed by atoms with Crippen molar-refractivity contribution in [2.75, 3.05) is 26.4 Å². The molecular formula is C53H58N4O11S. The number of carbonyl (C=O) groups is 1. The molecule has 0 amide bonds. The van der Waals surface area contributed by atoms with Gasteiger partial charge >= 0.3 is 0 Å². The van der Waals surface area contributed by atoms with E-state index in [0.717, 1.165) is 23.8 Å². The second-order valence-corrected chi connectivity index (χ2v) is 19.6. The van der Waals surface area contributed by atoms with Crippen molar-refractivity contribution >= 4 is 38.6 Å². The average Bonchev–Trinajstić information content (AvgIpc) is 3.36. The van der Waals surface area contributed by atoms with Crippen molar-refractivity contribution in [2.45, 2.75) is 87.5 Å². The van der Waals surface area contributed by atoms with Crippen LogP contribution >= 0.6 is 0 Å². The maximum atomic E-state index is 15.6. The van der Waals surface area contributed by atoms with Crippen molar-refractivity contribution in [3.63, 3.8) is 0 Å². The number of non-ortho nitro benzene ring substituents is 1. The highest BCUT2D eigenvalue weighted by atomic mass is 32.2. The predicted molar refractivity (Wildman–Crippen MR) is 261 cm³/mol. The Morgan fingerprint density at radius 3 is 2.46 bits per heavy atom. The zero-order valence-corrected chi connectivity index (χ0v) is 39.4. The quantitative estimate of drug-likeness (QED) is 0.0207. The van der Waals surface area contributed by atoms with Gasteiger partial charge in [0.05, 0.1) is 34.7 Å². The molecule has 2 N–H and O–H groups in total. The van der Waals surface area contributed by atoms with Crippen molar-refractivity contribution in [3.05, 3.63) is 154 Å². The lowest BCUT2D eigenvalue weighted by molar-refractivity contribution is -0.384. The standard InChI is InChI=1S/C53H58N4O11S/c1-3-26-56(69(63,64)48-18-10-14-38-15-11-25-54-52(38)48)49-33-46(55-66-35-36-19-21-40(22-20-36)57(61)62)44-31-39(13-5-7-27-58)43(17-6-8-28-59)50-45-32-42(67-41-16-9-12-37(30-41)34-60)23-24-47(45)68-53(49,51(44)50)65-29-4-2/h4,9-12,14-16,18-25,30-32,34,39,43,49-51,58-59H,2-3,5-8,13,17,26-29,33,35H2,1H3/t39-,43+,49-,50+,51+,53+/m0/s1. The van der Waals surface area contributed by atoms with E-state index in [1.165, 1.54) is 16.4 Å². The van der Waals surface area contributed by atoms with Crippen LogP contribution in [0.1, 0.15) is 85.7 Å². The number of fused-ring (bicyclic) bond motifs is 3. The summed E-state index contributed by atoms with van der Waals surface area (Å²) in [4.78, 5) is 33.5. The van der Waals surface area contributed by atoms with Gasteiger partial charge in [-0.2, -0.15) is 4.31 Å². The first-order chi connectivity index (χ1) is 33.6. The van der Waals surface area contributed by atoms with Crippen molar-refractivity contribution in [3.8, 4) is 17.2 Å². The Morgan fingerprint density at radius 1 is 0.971 bits per heavy atom. The lowest BCUT2D eigenvalue weighted by Crippen LogP contribution is -2.70. The lowest BCUT2D eigenvalue weighted by Gasteiger charge is -2.59. The number of sulfonamides is 1. The van der Waals surface area contributed by atoms with Crippen LogP contribution in [0, 0.1) is 27.9 Å². The zero-order chi connectivity index (χ0) is 48.5. The summed E-state index contributed by atoms with van der Waals surface area (Å²) in [6, 6.07) is 26.1. The highest BCUT2D eigenvalue weighted by Crippen LogP contribution is 2.62. The molecule has 0 radical (unpaired) electrons. The molecule has 0 spiro atoms. The molecule has 6 atom stereocenters. The minimum atomic E-state index is -4.39. The normalized spacial score (nSPS) is 22.3. The zero-order valence-electron chi connectivity index (χ0n) is 38.6. The third-order valence-corrected chi connectivity index (χ3v) is 15.3. The van der Waals surface area contributed by atoms with Crippen LogP contribution in [0.15, 0.2) is 138 Å². The number of aromatic nitrogens is 1. The number of carbonyl (C=O) groups excluding carboxylic acids is 1. The Balaban J connectivity index is 1.36. The number of para-hydroxylation sites is 1. The summed E-state index contributed by atoms with van der Waals surface area (Å²) in [7, 11) is -4.39. The number of nitro groups is 1. The largest absolute Gasteiger partial charge is 0.460 e. The Hall–Kier alpha value is -6.30. The molecular weight excluding hydrogens is 901 g/mol. The Labute approximate surface area is 402 Å². The minimum absolute atomic E-state index is 0.00463. The van der Waals surface area contributed by atoms with Crippen LogP contribution in [0.25, 0.3) is 10.9 Å². The summed E-state index contributed by atoms with van der Waals surface area (Å²) < 4.78 is 53.7. The Morgan fingerprint density at radius 2 is 1.72 bits per heavy atom. The number of hydrogen-bond acceptors (Lipinski definition) is 13. The van der Waals surface area contributed by atoms with E-state index in [1.807, 2.05) is 31.2 Å². The fourth-order valence-electron chi connectivity index (χ4n) is 10.4. The smallest absolute Gasteiger partial charge is 0.269 e. The van der Waals surface area contributed by atoms with Gasteiger partial charge in [0.15, 0.2) is 0 Å². The first kappa shape index (κ1) is 49.1. The molecule has 0 saturated heterocycles. The number of rotatable bonds is 23. The van der Waals surface area contributed by atoms with Crippen LogP contribution in [0.4, 0.5) is 5.69 Å². The van der Waals surface area contributed by atoms with Crippen molar-refractivity contribution in [1.82, 2.24) is 9.29 Å². The van der Waals surface area contributed by atoms with Crippen LogP contribution < -0.4 is 9.47 Å². The predicted octanol–water partition coefficient (Wildman–Crippen LogP) is 9.68. The first-order valence-corrected chi connectivity index (χ1v) is 25.0. The highest BCUT2D eigenvalue weighted by Gasteiger charge is 2.66. The van der Waals surface area contributed by atoms with Gasteiger partial charge in [-0.05, 0) is 110 Å². The van der Waals surface area contributed by atoms with E-state index in [2.05, 4.69) is 17.6 Å². The number of nitrogens with zero attached hydrogens (tertiary/aromatic N) is 4. The summed E-state index contributed by atoms with van der Waals surface area (Å²) in [5.74, 6) is -1.52. The number of aldehydes is 1. The van der Waals surface area contributed by atoms with Gasteiger partial charge in [0.25, 0.3) is 5.69 Å². The van der Waals surface area contributed by atoms with Crippen molar-refractivity contribution in [2.24, 2.45) is 22.9 Å². The monoisotopic (exact) mass is 958 g/mol. The Kier molecular flexibility index (Phi) is 15.7. The molecule has 1 aromatic heterocycles. The number of pyridine rings is 1. The number of benzene rings is 4. The molecule has 15 nitrogen and oxygen atoms in total. The van der Waals surface area contributed by atoms with Crippen molar-refractivity contribution in [1.29, 1.82) is 0 Å². The summed E-state index contributed by atoms with van der Waals surface area (Å²) in [6.45, 7) is 6.03. The van der Waals surface area contributed by atoms with Gasteiger partial charge in [0.2, 0.25) is 15.8 Å². The molecule has 1 saturated carbocycles. The molecule has 4 aromatic carbocycles. The number of aliphatic hydroxyl groups is 2. The van der Waals surface area contributed by atoms with Crippen LogP contribution in [-0.4, -0.2) is 83.0 Å². The second-order valence-electron chi connectivity index (χ2n) is 17.7. The molecule has 1 fully saturated rings. The van der Waals surface area contributed by atoms with E-state index >= 15 is 8.42 Å². The summed E-state index contributed by atoms with van der Waals surface area (Å²) in [5.41, 5.74) is 3.43. The number of allylic oxidation sites excluding steroid dienone is 1. The number of unbranched alkanes of at least 4 members (excludes halogenated alkanes) is 2. The van der Waals surface area contributed by atoms with Crippen molar-refractivity contribution < 1.29 is 47.4 Å². The van der Waals surface area contributed by atoms with Gasteiger partial charge in [0.1, 0.15) is 35.0 Å². The second kappa shape index (κ2) is 22.0. The van der Waals surface area contributed by atoms with Crippen LogP contribution in [0.2, 0.25) is 0 Å². The van der Waals surface area contributed by atoms with Gasteiger partial charge in [-0.1, -0.05) is 67.4 Å². The summed E-state index contributed by atoms with van der Waals surface area (Å²) in [5, 5.41) is 37.0. The average molecular weight is 959 g/mol. The molecule has 8 rings (SSSR count). The molecule has 5 aromatic rings. The molecule has 2 aliphatic carbocycles. The molecule has 1 aliphatic heterocycles. The molecule has 69 heavy (non-hydrogen) atoms. The molecule has 2 heterocycles. The summed E-state index contributed by atoms with van der Waals surface area (Å²) >= 11 is 0. The van der Waals surface area contributed by atoms with E-state index in [4.69, 9.17) is 24.2 Å². The van der Waals surface area contributed by atoms with Gasteiger partial charge in [0, 0.05) is 66.9 Å². The molecule has 362 valence electrons. The number of hydrogen-bond donors (Lipinski definition) is 2. The Bertz CT molecular complexity index is 2810. The fourth-order valence-corrected chi connectivity index (χ4v) is 12.3. The maximum Gasteiger partial charge on any atom is 0.269 e. The SMILES string of the molecule is C=CCO[C@@]12Oc3ccc(Oc4cccc(C=O)c4)cc3[C@H]3[C@H](CCCCO)[C@@H](CCCCO)C=C(C(=NOCc4ccc([N+](=O)[O-])cc4)C[C@@H]1N(CCC)S(=O)(=O)c1cccc4cccnc14)[C@H]32. The van der Waals surface area contributed by atoms with E-state index in [0.29, 0.717) is 83.5 Å². The van der Waals surface area contributed by atoms with E-state index in [9.17, 15) is 25.1 Å². The number of nitro benzene ring substituents is 1. The molecule has 3 aliphatic rings. The fraction of sp³-hybridized carbons (Fsp3) is 0.377. The molecule has 0 bridgehead atoms. The van der Waals surface area contributed by atoms with Gasteiger partial charge in [-0.25, -0.2) is 8.42 Å². The van der Waals surface area contributed by atoms with Gasteiger partial charge in [-0.15, -0.1) is 6.58 Å². The lowest BCUT2D eigenvalue weighted by atomic mass is 9.55. The maximum absolute atomic E-state index is 15.6. The topological polar surface area (TPSA) is 200 Å². The van der Waals surface area contributed by atoms with Crippen LogP contribution in [-0.2, 0) is 26.2 Å². The van der Waals surface area contributed by atoms with E-state index in [-0.39, 0.29) is 61.8 Å².